The molecule has 3 rings (SSSR count). The van der Waals surface area contributed by atoms with Gasteiger partial charge in [0.25, 0.3) is 0 Å². The summed E-state index contributed by atoms with van der Waals surface area (Å²) in [5.74, 6) is 0. The number of nitrogens with two attached hydrogens (primary N) is 1. The summed E-state index contributed by atoms with van der Waals surface area (Å²) in [5, 5.41) is 0. The standard InChI is InChI=1S/C22H28N2O/c1-2-5-18-6-8-19(9-7-18)20-10-12-21(13-11-20)24(17-25)16-22(23)14-3-4-15-22/h6-13,17H,2-5,14-16,23H2,1H3. The summed E-state index contributed by atoms with van der Waals surface area (Å²) in [5.41, 5.74) is 10.9. The first-order valence-electron chi connectivity index (χ1n) is 9.34. The quantitative estimate of drug-likeness (QED) is 0.755. The van der Waals surface area contributed by atoms with E-state index in [1.807, 2.05) is 12.1 Å². The average Bonchev–Trinajstić information content (AvgIpc) is 3.07. The van der Waals surface area contributed by atoms with Gasteiger partial charge in [0.05, 0.1) is 0 Å². The van der Waals surface area contributed by atoms with Crippen LogP contribution in [0.2, 0.25) is 0 Å². The van der Waals surface area contributed by atoms with Crippen LogP contribution in [0.15, 0.2) is 48.5 Å². The van der Waals surface area contributed by atoms with Crippen LogP contribution < -0.4 is 10.6 Å². The normalized spacial score (nSPS) is 15.9. The molecule has 0 bridgehead atoms. The molecule has 0 atom stereocenters. The fourth-order valence-electron chi connectivity index (χ4n) is 3.76. The highest BCUT2D eigenvalue weighted by Crippen LogP contribution is 2.30. The Labute approximate surface area is 150 Å². The Morgan fingerprint density at radius 2 is 1.56 bits per heavy atom. The summed E-state index contributed by atoms with van der Waals surface area (Å²) in [4.78, 5) is 13.3. The number of hydrogen-bond acceptors (Lipinski definition) is 2. The van der Waals surface area contributed by atoms with Crippen LogP contribution in [0.3, 0.4) is 0 Å². The minimum atomic E-state index is -0.227. The van der Waals surface area contributed by atoms with E-state index in [1.54, 1.807) is 4.90 Å². The molecule has 25 heavy (non-hydrogen) atoms. The molecule has 0 spiro atoms. The minimum Gasteiger partial charge on any atom is -0.324 e. The lowest BCUT2D eigenvalue weighted by Gasteiger charge is -2.30. The van der Waals surface area contributed by atoms with Gasteiger partial charge in [-0.3, -0.25) is 4.79 Å². The highest BCUT2D eigenvalue weighted by atomic mass is 16.1. The Balaban J connectivity index is 1.73. The SMILES string of the molecule is CCCc1ccc(-c2ccc(N(C=O)CC3(N)CCCC3)cc2)cc1. The van der Waals surface area contributed by atoms with Crippen molar-refractivity contribution < 1.29 is 4.79 Å². The van der Waals surface area contributed by atoms with Gasteiger partial charge in [-0.05, 0) is 48.1 Å². The third-order valence-electron chi connectivity index (χ3n) is 5.24. The summed E-state index contributed by atoms with van der Waals surface area (Å²) in [6, 6.07) is 16.9. The highest BCUT2D eigenvalue weighted by Gasteiger charge is 2.31. The van der Waals surface area contributed by atoms with Crippen LogP contribution in [0.1, 0.15) is 44.6 Å². The number of hydrogen-bond donors (Lipinski definition) is 1. The fourth-order valence-corrected chi connectivity index (χ4v) is 3.76. The molecule has 2 aromatic carbocycles. The van der Waals surface area contributed by atoms with Crippen LogP contribution in [-0.2, 0) is 11.2 Å². The summed E-state index contributed by atoms with van der Waals surface area (Å²) < 4.78 is 0. The van der Waals surface area contributed by atoms with Crippen LogP contribution in [0.5, 0.6) is 0 Å². The molecule has 2 N–H and O–H groups in total. The molecule has 0 radical (unpaired) electrons. The summed E-state index contributed by atoms with van der Waals surface area (Å²) in [6.45, 7) is 2.80. The number of anilines is 1. The van der Waals surface area contributed by atoms with E-state index >= 15 is 0 Å². The predicted octanol–water partition coefficient (Wildman–Crippen LogP) is 4.54. The van der Waals surface area contributed by atoms with Gasteiger partial charge in [-0.15, -0.1) is 0 Å². The Kier molecular flexibility index (Phi) is 5.54. The lowest BCUT2D eigenvalue weighted by Crippen LogP contribution is -2.48. The largest absolute Gasteiger partial charge is 0.324 e. The van der Waals surface area contributed by atoms with Crippen molar-refractivity contribution in [3.8, 4) is 11.1 Å². The van der Waals surface area contributed by atoms with Crippen molar-refractivity contribution in [3.63, 3.8) is 0 Å². The monoisotopic (exact) mass is 336 g/mol. The van der Waals surface area contributed by atoms with Crippen LogP contribution in [0.4, 0.5) is 5.69 Å². The van der Waals surface area contributed by atoms with Crippen LogP contribution in [0.25, 0.3) is 11.1 Å². The zero-order chi connectivity index (χ0) is 17.7. The second-order valence-corrected chi connectivity index (χ2v) is 7.30. The van der Waals surface area contributed by atoms with E-state index in [1.165, 1.54) is 16.7 Å². The van der Waals surface area contributed by atoms with E-state index in [0.29, 0.717) is 6.54 Å². The van der Waals surface area contributed by atoms with Gasteiger partial charge in [0.1, 0.15) is 0 Å². The summed E-state index contributed by atoms with van der Waals surface area (Å²) in [6.07, 6.45) is 7.51. The van der Waals surface area contributed by atoms with Gasteiger partial charge in [-0.25, -0.2) is 0 Å². The van der Waals surface area contributed by atoms with Gasteiger partial charge in [0, 0.05) is 17.8 Å². The Morgan fingerprint density at radius 3 is 2.08 bits per heavy atom. The van der Waals surface area contributed by atoms with Gasteiger partial charge in [-0.2, -0.15) is 0 Å². The molecule has 3 nitrogen and oxygen atoms in total. The highest BCUT2D eigenvalue weighted by molar-refractivity contribution is 5.77. The van der Waals surface area contributed by atoms with Gasteiger partial charge in [0.2, 0.25) is 6.41 Å². The van der Waals surface area contributed by atoms with Crippen molar-refractivity contribution in [3.05, 3.63) is 54.1 Å². The van der Waals surface area contributed by atoms with E-state index in [-0.39, 0.29) is 5.54 Å². The second kappa shape index (κ2) is 7.83. The zero-order valence-electron chi connectivity index (χ0n) is 15.1. The lowest BCUT2D eigenvalue weighted by molar-refractivity contribution is -0.107. The molecule has 1 amide bonds. The molecule has 0 aliphatic heterocycles. The van der Waals surface area contributed by atoms with Gasteiger partial charge >= 0.3 is 0 Å². The zero-order valence-corrected chi connectivity index (χ0v) is 15.1. The molecule has 3 heteroatoms. The molecule has 0 heterocycles. The number of nitrogens with zero attached hydrogens (tertiary/aromatic N) is 1. The van der Waals surface area contributed by atoms with Crippen molar-refractivity contribution in [2.24, 2.45) is 5.73 Å². The van der Waals surface area contributed by atoms with Gasteiger partial charge < -0.3 is 10.6 Å². The third kappa shape index (κ3) is 4.29. The first-order valence-corrected chi connectivity index (χ1v) is 9.34. The molecule has 1 aliphatic carbocycles. The number of benzene rings is 2. The van der Waals surface area contributed by atoms with Crippen LogP contribution >= 0.6 is 0 Å². The molecule has 1 aliphatic rings. The van der Waals surface area contributed by atoms with Gasteiger partial charge in [-0.1, -0.05) is 62.6 Å². The molecular weight excluding hydrogens is 308 g/mol. The molecule has 132 valence electrons. The van der Waals surface area contributed by atoms with Crippen LogP contribution in [-0.4, -0.2) is 18.5 Å². The number of carbonyl (C=O) groups is 1. The minimum absolute atomic E-state index is 0.227. The number of aryl methyl sites for hydroxylation is 1. The van der Waals surface area contributed by atoms with Crippen molar-refractivity contribution in [2.45, 2.75) is 51.0 Å². The van der Waals surface area contributed by atoms with Crippen molar-refractivity contribution >= 4 is 12.1 Å². The Morgan fingerprint density at radius 1 is 1.00 bits per heavy atom. The topological polar surface area (TPSA) is 46.3 Å². The summed E-state index contributed by atoms with van der Waals surface area (Å²) in [7, 11) is 0. The molecule has 0 saturated heterocycles. The first kappa shape index (κ1) is 17.7. The summed E-state index contributed by atoms with van der Waals surface area (Å²) >= 11 is 0. The van der Waals surface area contributed by atoms with E-state index in [4.69, 9.17) is 5.73 Å². The average molecular weight is 336 g/mol. The number of rotatable bonds is 7. The third-order valence-corrected chi connectivity index (χ3v) is 5.24. The van der Waals surface area contributed by atoms with Crippen molar-refractivity contribution in [1.82, 2.24) is 0 Å². The molecular formula is C22H28N2O. The molecule has 1 fully saturated rings. The fraction of sp³-hybridized carbons (Fsp3) is 0.409. The van der Waals surface area contributed by atoms with E-state index in [0.717, 1.165) is 50.6 Å². The second-order valence-electron chi connectivity index (χ2n) is 7.30. The van der Waals surface area contributed by atoms with E-state index in [9.17, 15) is 4.79 Å². The molecule has 2 aromatic rings. The Hall–Kier alpha value is -2.13. The predicted molar refractivity (Wildman–Crippen MR) is 105 cm³/mol. The van der Waals surface area contributed by atoms with Gasteiger partial charge in [0.15, 0.2) is 0 Å². The van der Waals surface area contributed by atoms with E-state index < -0.39 is 0 Å². The van der Waals surface area contributed by atoms with E-state index in [2.05, 4.69) is 43.3 Å². The maximum atomic E-state index is 11.6. The first-order chi connectivity index (χ1) is 12.1. The molecule has 0 unspecified atom stereocenters. The van der Waals surface area contributed by atoms with Crippen LogP contribution in [0, 0.1) is 0 Å². The maximum absolute atomic E-state index is 11.6. The van der Waals surface area contributed by atoms with Crippen molar-refractivity contribution in [2.75, 3.05) is 11.4 Å². The number of amides is 1. The smallest absolute Gasteiger partial charge is 0.214 e. The maximum Gasteiger partial charge on any atom is 0.214 e. The van der Waals surface area contributed by atoms with Crippen molar-refractivity contribution in [1.29, 1.82) is 0 Å². The number of carbonyl (C=O) groups excluding carboxylic acids is 1. The molecule has 1 saturated carbocycles. The molecule has 0 aromatic heterocycles. The Bertz CT molecular complexity index is 685. The lowest BCUT2D eigenvalue weighted by atomic mass is 9.98.